The zero-order valence-electron chi connectivity index (χ0n) is 14.8. The highest BCUT2D eigenvalue weighted by Crippen LogP contribution is 2.16. The van der Waals surface area contributed by atoms with Crippen LogP contribution in [0.1, 0.15) is 21.6 Å². The highest BCUT2D eigenvalue weighted by Gasteiger charge is 2.14. The van der Waals surface area contributed by atoms with Crippen LogP contribution >= 0.6 is 0 Å². The van der Waals surface area contributed by atoms with Crippen LogP contribution in [0, 0.1) is 6.92 Å². The fraction of sp³-hybridized carbons (Fsp3) is 0.150. The number of para-hydroxylation sites is 1. The van der Waals surface area contributed by atoms with E-state index in [1.807, 2.05) is 44.3 Å². The van der Waals surface area contributed by atoms with Gasteiger partial charge in [-0.05, 0) is 36.8 Å². The first kappa shape index (κ1) is 17.4. The number of aliphatic imine (C=N–C) groups is 1. The standard InChI is InChI=1S/C20H19N3O3/c1-14-18(19(24)23(22(14)2)17-7-5-4-6-8-17)21-13-15-9-11-16(12-10-15)20(25)26-3/h4-13H,1-3H3. The summed E-state index contributed by atoms with van der Waals surface area (Å²) in [4.78, 5) is 28.6. The van der Waals surface area contributed by atoms with E-state index in [-0.39, 0.29) is 5.56 Å². The van der Waals surface area contributed by atoms with Gasteiger partial charge in [0.2, 0.25) is 0 Å². The lowest BCUT2D eigenvalue weighted by Crippen LogP contribution is -2.19. The zero-order valence-corrected chi connectivity index (χ0v) is 14.8. The SMILES string of the molecule is COC(=O)c1ccc(C=Nc2c(C)n(C)n(-c3ccccc3)c2=O)cc1. The molecule has 0 N–H and O–H groups in total. The Kier molecular flexibility index (Phi) is 4.84. The van der Waals surface area contributed by atoms with Crippen molar-refractivity contribution in [3.63, 3.8) is 0 Å². The van der Waals surface area contributed by atoms with Gasteiger partial charge in [-0.2, -0.15) is 0 Å². The summed E-state index contributed by atoms with van der Waals surface area (Å²) in [6.45, 7) is 1.86. The molecule has 1 aromatic heterocycles. The van der Waals surface area contributed by atoms with Crippen LogP contribution in [0.4, 0.5) is 5.69 Å². The minimum absolute atomic E-state index is 0.182. The molecule has 0 bridgehead atoms. The molecule has 0 aliphatic rings. The summed E-state index contributed by atoms with van der Waals surface area (Å²) in [6.07, 6.45) is 1.61. The van der Waals surface area contributed by atoms with Crippen molar-refractivity contribution in [3.05, 3.63) is 81.8 Å². The van der Waals surface area contributed by atoms with Crippen LogP contribution < -0.4 is 5.56 Å². The van der Waals surface area contributed by atoms with Crippen molar-refractivity contribution in [1.82, 2.24) is 9.36 Å². The Hall–Kier alpha value is -3.41. The van der Waals surface area contributed by atoms with Crippen molar-refractivity contribution in [2.45, 2.75) is 6.92 Å². The van der Waals surface area contributed by atoms with Gasteiger partial charge in [0.05, 0.1) is 24.1 Å². The molecule has 6 heteroatoms. The van der Waals surface area contributed by atoms with E-state index in [0.29, 0.717) is 11.3 Å². The minimum atomic E-state index is -0.391. The Morgan fingerprint density at radius 2 is 1.73 bits per heavy atom. The summed E-state index contributed by atoms with van der Waals surface area (Å²) in [5.74, 6) is -0.391. The van der Waals surface area contributed by atoms with Gasteiger partial charge in [-0.3, -0.25) is 9.48 Å². The molecule has 3 aromatic rings. The highest BCUT2D eigenvalue weighted by atomic mass is 16.5. The van der Waals surface area contributed by atoms with E-state index in [4.69, 9.17) is 0 Å². The second kappa shape index (κ2) is 7.23. The molecular formula is C20H19N3O3. The largest absolute Gasteiger partial charge is 0.465 e. The van der Waals surface area contributed by atoms with E-state index in [2.05, 4.69) is 9.73 Å². The Balaban J connectivity index is 1.95. The summed E-state index contributed by atoms with van der Waals surface area (Å²) in [5, 5.41) is 0. The van der Waals surface area contributed by atoms with Gasteiger partial charge < -0.3 is 4.74 Å². The van der Waals surface area contributed by atoms with Gasteiger partial charge in [0.1, 0.15) is 0 Å². The van der Waals surface area contributed by atoms with Crippen molar-refractivity contribution < 1.29 is 9.53 Å². The van der Waals surface area contributed by atoms with E-state index < -0.39 is 5.97 Å². The maximum atomic E-state index is 12.8. The van der Waals surface area contributed by atoms with Gasteiger partial charge in [-0.15, -0.1) is 0 Å². The lowest BCUT2D eigenvalue weighted by atomic mass is 10.1. The molecule has 3 rings (SSSR count). The van der Waals surface area contributed by atoms with E-state index in [1.54, 1.807) is 39.8 Å². The topological polar surface area (TPSA) is 65.6 Å². The molecule has 0 atom stereocenters. The van der Waals surface area contributed by atoms with Gasteiger partial charge in [0.25, 0.3) is 5.56 Å². The maximum absolute atomic E-state index is 12.8. The highest BCUT2D eigenvalue weighted by molar-refractivity contribution is 5.91. The van der Waals surface area contributed by atoms with Crippen molar-refractivity contribution in [3.8, 4) is 5.69 Å². The number of nitrogens with zero attached hydrogens (tertiary/aromatic N) is 3. The number of hydrogen-bond donors (Lipinski definition) is 0. The molecule has 26 heavy (non-hydrogen) atoms. The van der Waals surface area contributed by atoms with Crippen LogP contribution in [-0.2, 0) is 11.8 Å². The summed E-state index contributed by atoms with van der Waals surface area (Å²) >= 11 is 0. The summed E-state index contributed by atoms with van der Waals surface area (Å²) in [6, 6.07) is 16.3. The third kappa shape index (κ3) is 3.21. The molecule has 6 nitrogen and oxygen atoms in total. The van der Waals surface area contributed by atoms with E-state index in [1.165, 1.54) is 7.11 Å². The van der Waals surface area contributed by atoms with E-state index in [0.717, 1.165) is 16.9 Å². The Morgan fingerprint density at radius 1 is 1.08 bits per heavy atom. The molecule has 0 aliphatic carbocycles. The van der Waals surface area contributed by atoms with Crippen LogP contribution in [0.5, 0.6) is 0 Å². The molecule has 0 saturated heterocycles. The number of methoxy groups -OCH3 is 1. The molecule has 0 fully saturated rings. The predicted octanol–water partition coefficient (Wildman–Crippen LogP) is 3.02. The van der Waals surface area contributed by atoms with Crippen molar-refractivity contribution in [2.24, 2.45) is 12.0 Å². The summed E-state index contributed by atoms with van der Waals surface area (Å²) < 4.78 is 8.04. The second-order valence-corrected chi connectivity index (χ2v) is 5.78. The van der Waals surface area contributed by atoms with E-state index >= 15 is 0 Å². The lowest BCUT2D eigenvalue weighted by molar-refractivity contribution is 0.0600. The molecular weight excluding hydrogens is 330 g/mol. The number of rotatable bonds is 4. The Bertz CT molecular complexity index is 1010. The fourth-order valence-corrected chi connectivity index (χ4v) is 2.67. The number of carbonyl (C=O) groups is 1. The van der Waals surface area contributed by atoms with Crippen LogP contribution in [0.3, 0.4) is 0 Å². The molecule has 0 radical (unpaired) electrons. The smallest absolute Gasteiger partial charge is 0.337 e. The van der Waals surface area contributed by atoms with Crippen LogP contribution in [0.2, 0.25) is 0 Å². The fourth-order valence-electron chi connectivity index (χ4n) is 2.67. The molecule has 0 saturated carbocycles. The number of esters is 1. The molecule has 0 aliphatic heterocycles. The lowest BCUT2D eigenvalue weighted by Gasteiger charge is -2.07. The number of hydrogen-bond acceptors (Lipinski definition) is 4. The second-order valence-electron chi connectivity index (χ2n) is 5.78. The van der Waals surface area contributed by atoms with Crippen molar-refractivity contribution in [2.75, 3.05) is 7.11 Å². The molecule has 0 amide bonds. The molecule has 0 unspecified atom stereocenters. The van der Waals surface area contributed by atoms with Gasteiger partial charge in [-0.25, -0.2) is 14.5 Å². The average Bonchev–Trinajstić information content (AvgIpc) is 2.89. The monoisotopic (exact) mass is 349 g/mol. The Morgan fingerprint density at radius 3 is 2.35 bits per heavy atom. The normalized spacial score (nSPS) is 11.0. The predicted molar refractivity (Wildman–Crippen MR) is 101 cm³/mol. The van der Waals surface area contributed by atoms with Gasteiger partial charge in [-0.1, -0.05) is 30.3 Å². The third-order valence-corrected chi connectivity index (χ3v) is 4.20. The number of carbonyl (C=O) groups excluding carboxylic acids is 1. The van der Waals surface area contributed by atoms with Gasteiger partial charge in [0, 0.05) is 13.3 Å². The molecule has 0 spiro atoms. The average molecular weight is 349 g/mol. The molecule has 132 valence electrons. The molecule has 2 aromatic carbocycles. The number of benzene rings is 2. The third-order valence-electron chi connectivity index (χ3n) is 4.20. The molecule has 1 heterocycles. The first-order valence-corrected chi connectivity index (χ1v) is 8.09. The quantitative estimate of drug-likeness (QED) is 0.537. The first-order chi connectivity index (χ1) is 12.5. The zero-order chi connectivity index (χ0) is 18.7. The van der Waals surface area contributed by atoms with Crippen molar-refractivity contribution >= 4 is 17.9 Å². The van der Waals surface area contributed by atoms with Crippen LogP contribution in [-0.4, -0.2) is 28.7 Å². The van der Waals surface area contributed by atoms with Crippen LogP contribution in [0.15, 0.2) is 64.4 Å². The van der Waals surface area contributed by atoms with Crippen molar-refractivity contribution in [1.29, 1.82) is 0 Å². The van der Waals surface area contributed by atoms with Gasteiger partial charge >= 0.3 is 5.97 Å². The summed E-state index contributed by atoms with van der Waals surface area (Å²) in [7, 11) is 3.17. The van der Waals surface area contributed by atoms with Gasteiger partial charge in [0.15, 0.2) is 5.69 Å². The Labute approximate surface area is 151 Å². The summed E-state index contributed by atoms with van der Waals surface area (Å²) in [5.41, 5.74) is 3.00. The minimum Gasteiger partial charge on any atom is -0.465 e. The first-order valence-electron chi connectivity index (χ1n) is 8.09. The number of ether oxygens (including phenoxy) is 1. The van der Waals surface area contributed by atoms with E-state index in [9.17, 15) is 9.59 Å². The number of aromatic nitrogens is 2. The van der Waals surface area contributed by atoms with Crippen LogP contribution in [0.25, 0.3) is 5.69 Å². The maximum Gasteiger partial charge on any atom is 0.337 e.